The van der Waals surface area contributed by atoms with Crippen molar-refractivity contribution < 1.29 is 19.7 Å². The van der Waals surface area contributed by atoms with Gasteiger partial charge in [-0.2, -0.15) is 0 Å². The van der Waals surface area contributed by atoms with Gasteiger partial charge in [-0.25, -0.2) is 0 Å². The number of ether oxygens (including phenoxy) is 1. The third-order valence-corrected chi connectivity index (χ3v) is 2.61. The quantitative estimate of drug-likeness (QED) is 0.634. The average molecular weight is 253 g/mol. The summed E-state index contributed by atoms with van der Waals surface area (Å²) in [5.41, 5.74) is 1.03. The van der Waals surface area contributed by atoms with E-state index in [1.165, 1.54) is 0 Å². The fourth-order valence-corrected chi connectivity index (χ4v) is 1.74. The smallest absolute Gasteiger partial charge is 0.304 e. The van der Waals surface area contributed by atoms with Crippen molar-refractivity contribution in [2.24, 2.45) is 0 Å². The standard InChI is InChI=1S/C13H19NO4/c1-18-12-4-2-10(3-5-12)8-11(9-13(16)17)14-6-7-15/h2-5,11,14-15H,6-9H2,1H3,(H,16,17). The van der Waals surface area contributed by atoms with Crippen molar-refractivity contribution in [1.29, 1.82) is 0 Å². The number of benzene rings is 1. The molecule has 18 heavy (non-hydrogen) atoms. The predicted octanol–water partition coefficient (Wildman–Crippen LogP) is 0.663. The SMILES string of the molecule is COc1ccc(CC(CC(=O)O)NCCO)cc1. The van der Waals surface area contributed by atoms with Crippen molar-refractivity contribution >= 4 is 5.97 Å². The zero-order valence-electron chi connectivity index (χ0n) is 10.4. The Morgan fingerprint density at radius 3 is 2.56 bits per heavy atom. The molecule has 0 aliphatic carbocycles. The maximum Gasteiger partial charge on any atom is 0.304 e. The molecule has 0 bridgehead atoms. The zero-order chi connectivity index (χ0) is 13.4. The minimum atomic E-state index is -0.848. The Balaban J connectivity index is 2.59. The number of carbonyl (C=O) groups is 1. The largest absolute Gasteiger partial charge is 0.497 e. The number of hydrogen-bond acceptors (Lipinski definition) is 4. The summed E-state index contributed by atoms with van der Waals surface area (Å²) in [6, 6.07) is 7.34. The van der Waals surface area contributed by atoms with E-state index < -0.39 is 5.97 Å². The van der Waals surface area contributed by atoms with E-state index in [1.54, 1.807) is 7.11 Å². The van der Waals surface area contributed by atoms with Crippen molar-refractivity contribution in [2.75, 3.05) is 20.3 Å². The molecule has 0 saturated heterocycles. The lowest BCUT2D eigenvalue weighted by Crippen LogP contribution is -2.35. The summed E-state index contributed by atoms with van der Waals surface area (Å²) in [5, 5.41) is 20.6. The first-order chi connectivity index (χ1) is 8.65. The first-order valence-corrected chi connectivity index (χ1v) is 5.84. The number of hydrogen-bond donors (Lipinski definition) is 3. The summed E-state index contributed by atoms with van der Waals surface area (Å²) < 4.78 is 5.06. The van der Waals surface area contributed by atoms with E-state index in [2.05, 4.69) is 5.32 Å². The second kappa shape index (κ2) is 7.68. The first-order valence-electron chi connectivity index (χ1n) is 5.84. The molecule has 0 amide bonds. The van der Waals surface area contributed by atoms with E-state index in [9.17, 15) is 4.79 Å². The Kier molecular flexibility index (Phi) is 6.18. The van der Waals surface area contributed by atoms with Crippen molar-refractivity contribution in [2.45, 2.75) is 18.9 Å². The molecule has 0 spiro atoms. The summed E-state index contributed by atoms with van der Waals surface area (Å²) >= 11 is 0. The van der Waals surface area contributed by atoms with E-state index >= 15 is 0 Å². The molecule has 100 valence electrons. The van der Waals surface area contributed by atoms with E-state index in [1.807, 2.05) is 24.3 Å². The minimum Gasteiger partial charge on any atom is -0.497 e. The summed E-state index contributed by atoms with van der Waals surface area (Å²) in [6.45, 7) is 0.396. The molecule has 0 aromatic heterocycles. The van der Waals surface area contributed by atoms with Crippen LogP contribution in [0.4, 0.5) is 0 Å². The van der Waals surface area contributed by atoms with Gasteiger partial charge in [0.2, 0.25) is 0 Å². The summed E-state index contributed by atoms with van der Waals surface area (Å²) in [7, 11) is 1.60. The molecule has 3 N–H and O–H groups in total. The molecule has 1 rings (SSSR count). The number of rotatable bonds is 8. The highest BCUT2D eigenvalue weighted by Gasteiger charge is 2.13. The van der Waals surface area contributed by atoms with Gasteiger partial charge in [-0.3, -0.25) is 4.79 Å². The van der Waals surface area contributed by atoms with Gasteiger partial charge in [0, 0.05) is 12.6 Å². The molecular weight excluding hydrogens is 234 g/mol. The number of carboxylic acid groups (broad SMARTS) is 1. The van der Waals surface area contributed by atoms with E-state index in [0.717, 1.165) is 11.3 Å². The van der Waals surface area contributed by atoms with Gasteiger partial charge in [0.1, 0.15) is 5.75 Å². The van der Waals surface area contributed by atoms with Gasteiger partial charge in [-0.05, 0) is 24.1 Å². The molecule has 1 aromatic rings. The van der Waals surface area contributed by atoms with Crippen LogP contribution in [-0.2, 0) is 11.2 Å². The number of aliphatic carboxylic acids is 1. The lowest BCUT2D eigenvalue weighted by atomic mass is 10.0. The molecule has 0 radical (unpaired) electrons. The van der Waals surface area contributed by atoms with Gasteiger partial charge in [0.15, 0.2) is 0 Å². The lowest BCUT2D eigenvalue weighted by Gasteiger charge is -2.16. The predicted molar refractivity (Wildman–Crippen MR) is 67.8 cm³/mol. The van der Waals surface area contributed by atoms with Crippen LogP contribution in [0, 0.1) is 0 Å². The van der Waals surface area contributed by atoms with Crippen molar-refractivity contribution in [1.82, 2.24) is 5.32 Å². The third kappa shape index (κ3) is 5.16. The number of aliphatic hydroxyl groups is 1. The van der Waals surface area contributed by atoms with Gasteiger partial charge < -0.3 is 20.3 Å². The normalized spacial score (nSPS) is 12.1. The molecule has 1 unspecified atom stereocenters. The molecule has 0 saturated carbocycles. The maximum atomic E-state index is 10.7. The molecule has 0 heterocycles. The molecule has 0 fully saturated rings. The van der Waals surface area contributed by atoms with Crippen LogP contribution in [0.25, 0.3) is 0 Å². The van der Waals surface area contributed by atoms with Crippen LogP contribution in [0.2, 0.25) is 0 Å². The van der Waals surface area contributed by atoms with Gasteiger partial charge in [-0.15, -0.1) is 0 Å². The molecular formula is C13H19NO4. The van der Waals surface area contributed by atoms with Crippen molar-refractivity contribution in [3.63, 3.8) is 0 Å². The molecule has 1 aromatic carbocycles. The topological polar surface area (TPSA) is 78.8 Å². The molecule has 0 aliphatic rings. The summed E-state index contributed by atoms with van der Waals surface area (Å²) in [5.74, 6) is -0.0733. The van der Waals surface area contributed by atoms with Crippen LogP contribution in [0.1, 0.15) is 12.0 Å². The van der Waals surface area contributed by atoms with Crippen LogP contribution in [-0.4, -0.2) is 42.5 Å². The maximum absolute atomic E-state index is 10.7. The summed E-state index contributed by atoms with van der Waals surface area (Å²) in [4.78, 5) is 10.7. The Morgan fingerprint density at radius 2 is 2.06 bits per heavy atom. The minimum absolute atomic E-state index is 0.00126. The molecule has 5 heteroatoms. The Morgan fingerprint density at radius 1 is 1.39 bits per heavy atom. The van der Waals surface area contributed by atoms with Crippen LogP contribution in [0.3, 0.4) is 0 Å². The monoisotopic (exact) mass is 253 g/mol. The van der Waals surface area contributed by atoms with Gasteiger partial charge in [0.25, 0.3) is 0 Å². The highest BCUT2D eigenvalue weighted by molar-refractivity contribution is 5.67. The fraction of sp³-hybridized carbons (Fsp3) is 0.462. The summed E-state index contributed by atoms with van der Waals surface area (Å²) in [6.07, 6.45) is 0.641. The van der Waals surface area contributed by atoms with E-state index in [4.69, 9.17) is 14.9 Å². The highest BCUT2D eigenvalue weighted by Crippen LogP contribution is 2.13. The zero-order valence-corrected chi connectivity index (χ0v) is 10.4. The Labute approximate surface area is 106 Å². The Bertz CT molecular complexity index is 364. The van der Waals surface area contributed by atoms with Crippen LogP contribution < -0.4 is 10.1 Å². The Hall–Kier alpha value is -1.59. The van der Waals surface area contributed by atoms with Crippen molar-refractivity contribution in [3.8, 4) is 5.75 Å². The average Bonchev–Trinajstić information content (AvgIpc) is 2.36. The molecule has 5 nitrogen and oxygen atoms in total. The number of aliphatic hydroxyl groups excluding tert-OH is 1. The fourth-order valence-electron chi connectivity index (χ4n) is 1.74. The number of nitrogens with one attached hydrogen (secondary N) is 1. The number of carboxylic acids is 1. The second-order valence-electron chi connectivity index (χ2n) is 4.02. The van der Waals surface area contributed by atoms with Gasteiger partial charge >= 0.3 is 5.97 Å². The van der Waals surface area contributed by atoms with E-state index in [0.29, 0.717) is 13.0 Å². The van der Waals surface area contributed by atoms with Crippen LogP contribution >= 0.6 is 0 Å². The second-order valence-corrected chi connectivity index (χ2v) is 4.02. The number of methoxy groups -OCH3 is 1. The first kappa shape index (κ1) is 14.5. The van der Waals surface area contributed by atoms with Gasteiger partial charge in [-0.1, -0.05) is 12.1 Å². The van der Waals surface area contributed by atoms with Crippen LogP contribution in [0.5, 0.6) is 5.75 Å². The molecule has 0 aliphatic heterocycles. The lowest BCUT2D eigenvalue weighted by molar-refractivity contribution is -0.137. The highest BCUT2D eigenvalue weighted by atomic mass is 16.5. The van der Waals surface area contributed by atoms with Crippen LogP contribution in [0.15, 0.2) is 24.3 Å². The van der Waals surface area contributed by atoms with Crippen molar-refractivity contribution in [3.05, 3.63) is 29.8 Å². The molecule has 1 atom stereocenters. The van der Waals surface area contributed by atoms with E-state index in [-0.39, 0.29) is 19.1 Å². The third-order valence-electron chi connectivity index (χ3n) is 2.61. The van der Waals surface area contributed by atoms with Gasteiger partial charge in [0.05, 0.1) is 20.1 Å².